The first-order chi connectivity index (χ1) is 11.8. The minimum Gasteiger partial charge on any atom is -0.497 e. The summed E-state index contributed by atoms with van der Waals surface area (Å²) in [6, 6.07) is 5.75. The molecule has 4 heteroatoms. The molecule has 0 spiro atoms. The summed E-state index contributed by atoms with van der Waals surface area (Å²) in [4.78, 5) is 11.0. The van der Waals surface area contributed by atoms with Crippen LogP contribution >= 0.6 is 0 Å². The number of benzene rings is 1. The predicted molar refractivity (Wildman–Crippen MR) is 100 cm³/mol. The molecule has 0 atom stereocenters. The van der Waals surface area contributed by atoms with Crippen molar-refractivity contribution in [2.45, 2.75) is 33.6 Å². The molecule has 0 radical (unpaired) electrons. The van der Waals surface area contributed by atoms with E-state index < -0.39 is 5.97 Å². The first kappa shape index (κ1) is 18.8. The van der Waals surface area contributed by atoms with Crippen LogP contribution in [0.15, 0.2) is 48.1 Å². The fourth-order valence-electron chi connectivity index (χ4n) is 2.78. The summed E-state index contributed by atoms with van der Waals surface area (Å²) < 4.78 is 11.3. The van der Waals surface area contributed by atoms with Crippen molar-refractivity contribution in [3.63, 3.8) is 0 Å². The second kappa shape index (κ2) is 8.06. The van der Waals surface area contributed by atoms with Crippen molar-refractivity contribution < 1.29 is 19.4 Å². The van der Waals surface area contributed by atoms with E-state index >= 15 is 0 Å². The van der Waals surface area contributed by atoms with E-state index in [0.717, 1.165) is 41.1 Å². The fourth-order valence-corrected chi connectivity index (χ4v) is 2.78. The van der Waals surface area contributed by atoms with E-state index in [1.165, 1.54) is 6.08 Å². The molecule has 0 saturated heterocycles. The van der Waals surface area contributed by atoms with E-state index in [1.54, 1.807) is 7.11 Å². The van der Waals surface area contributed by atoms with E-state index in [4.69, 9.17) is 14.6 Å². The summed E-state index contributed by atoms with van der Waals surface area (Å²) in [6.45, 7) is 6.84. The number of methoxy groups -OCH3 is 1. The molecular formula is C21H26O4. The molecule has 0 fully saturated rings. The minimum atomic E-state index is -0.923. The van der Waals surface area contributed by atoms with Crippen LogP contribution in [0.1, 0.15) is 39.2 Å². The largest absolute Gasteiger partial charge is 0.497 e. The third-order valence-corrected chi connectivity index (χ3v) is 3.97. The van der Waals surface area contributed by atoms with Gasteiger partial charge in [-0.15, -0.1) is 0 Å². The van der Waals surface area contributed by atoms with Crippen LogP contribution < -0.4 is 9.47 Å². The Balaban J connectivity index is 2.47. The van der Waals surface area contributed by atoms with Crippen molar-refractivity contribution in [1.29, 1.82) is 0 Å². The number of aliphatic carboxylic acids is 1. The maximum Gasteiger partial charge on any atom is 0.328 e. The molecule has 1 aliphatic heterocycles. The zero-order chi connectivity index (χ0) is 18.4. The number of fused-ring (bicyclic) bond motifs is 1. The zero-order valence-corrected chi connectivity index (χ0v) is 15.3. The number of rotatable bonds is 6. The highest BCUT2D eigenvalue weighted by Crippen LogP contribution is 2.37. The molecule has 134 valence electrons. The molecular weight excluding hydrogens is 316 g/mol. The second-order valence-electron chi connectivity index (χ2n) is 6.88. The molecule has 0 aliphatic carbocycles. The van der Waals surface area contributed by atoms with E-state index in [0.29, 0.717) is 6.61 Å². The average Bonchev–Trinajstić information content (AvgIpc) is 2.68. The summed E-state index contributed by atoms with van der Waals surface area (Å²) in [7, 11) is 1.64. The Kier molecular flexibility index (Phi) is 6.07. The summed E-state index contributed by atoms with van der Waals surface area (Å²) in [5.41, 5.74) is 2.62. The van der Waals surface area contributed by atoms with Gasteiger partial charge < -0.3 is 14.6 Å². The van der Waals surface area contributed by atoms with Gasteiger partial charge in [-0.1, -0.05) is 45.4 Å². The van der Waals surface area contributed by atoms with Crippen LogP contribution in [-0.4, -0.2) is 24.8 Å². The van der Waals surface area contributed by atoms with E-state index in [-0.39, 0.29) is 5.41 Å². The molecule has 25 heavy (non-hydrogen) atoms. The lowest BCUT2D eigenvalue weighted by Gasteiger charge is -2.18. The van der Waals surface area contributed by atoms with Gasteiger partial charge >= 0.3 is 5.97 Å². The summed E-state index contributed by atoms with van der Waals surface area (Å²) >= 11 is 0. The Labute approximate surface area is 149 Å². The van der Waals surface area contributed by atoms with E-state index in [9.17, 15) is 4.79 Å². The van der Waals surface area contributed by atoms with Crippen molar-refractivity contribution >= 4 is 11.5 Å². The molecule has 1 aliphatic rings. The topological polar surface area (TPSA) is 55.8 Å². The third kappa shape index (κ3) is 5.24. The Morgan fingerprint density at radius 3 is 2.80 bits per heavy atom. The number of allylic oxidation sites excluding steroid dienone is 4. The zero-order valence-electron chi connectivity index (χ0n) is 15.3. The van der Waals surface area contributed by atoms with Gasteiger partial charge in [0.25, 0.3) is 0 Å². The van der Waals surface area contributed by atoms with E-state index in [2.05, 4.69) is 19.9 Å². The third-order valence-electron chi connectivity index (χ3n) is 3.97. The first-order valence-corrected chi connectivity index (χ1v) is 8.50. The van der Waals surface area contributed by atoms with Crippen molar-refractivity contribution in [3.8, 4) is 11.5 Å². The molecule has 1 N–H and O–H groups in total. The number of carboxylic acids is 1. The number of carboxylic acid groups (broad SMARTS) is 1. The SMILES string of the molecule is CCCC(=C/C(=O)O)/C=C/C1=CC(C)(C)COc2ccc(OC)cc21. The molecule has 1 aromatic rings. The summed E-state index contributed by atoms with van der Waals surface area (Å²) in [5.74, 6) is 0.645. The average molecular weight is 342 g/mol. The van der Waals surface area contributed by atoms with Gasteiger partial charge in [0, 0.05) is 17.1 Å². The van der Waals surface area contributed by atoms with Crippen molar-refractivity contribution in [2.75, 3.05) is 13.7 Å². The van der Waals surface area contributed by atoms with Gasteiger partial charge in [-0.25, -0.2) is 4.79 Å². The predicted octanol–water partition coefficient (Wildman–Crippen LogP) is 4.86. The minimum absolute atomic E-state index is 0.132. The lowest BCUT2D eigenvalue weighted by Crippen LogP contribution is -2.17. The van der Waals surface area contributed by atoms with Gasteiger partial charge in [-0.05, 0) is 35.8 Å². The van der Waals surface area contributed by atoms with Crippen LogP contribution in [0.5, 0.6) is 11.5 Å². The number of carbonyl (C=O) groups is 1. The van der Waals surface area contributed by atoms with Crippen LogP contribution in [-0.2, 0) is 4.79 Å². The first-order valence-electron chi connectivity index (χ1n) is 8.50. The standard InChI is InChI=1S/C21H26O4/c1-5-6-15(11-20(22)23)7-8-16-13-21(2,3)14-25-19-10-9-17(24-4)12-18(16)19/h7-13H,5-6,14H2,1-4H3,(H,22,23)/b8-7+,15-11-. The highest BCUT2D eigenvalue weighted by molar-refractivity contribution is 5.83. The number of hydrogen-bond donors (Lipinski definition) is 1. The number of hydrogen-bond acceptors (Lipinski definition) is 3. The molecule has 0 unspecified atom stereocenters. The Morgan fingerprint density at radius 1 is 1.40 bits per heavy atom. The van der Waals surface area contributed by atoms with Gasteiger partial charge in [0.05, 0.1) is 13.7 Å². The smallest absolute Gasteiger partial charge is 0.328 e. The Morgan fingerprint density at radius 2 is 2.16 bits per heavy atom. The second-order valence-corrected chi connectivity index (χ2v) is 6.88. The van der Waals surface area contributed by atoms with Crippen LogP contribution in [0, 0.1) is 5.41 Å². The molecule has 0 amide bonds. The van der Waals surface area contributed by atoms with Crippen LogP contribution in [0.3, 0.4) is 0 Å². The van der Waals surface area contributed by atoms with Gasteiger partial charge in [0.15, 0.2) is 0 Å². The lowest BCUT2D eigenvalue weighted by molar-refractivity contribution is -0.131. The maximum atomic E-state index is 11.0. The van der Waals surface area contributed by atoms with Crippen molar-refractivity contribution in [3.05, 3.63) is 53.6 Å². The molecule has 1 aromatic carbocycles. The molecule has 1 heterocycles. The van der Waals surface area contributed by atoms with Crippen LogP contribution in [0.2, 0.25) is 0 Å². The molecule has 0 bridgehead atoms. The molecule has 0 saturated carbocycles. The van der Waals surface area contributed by atoms with Crippen LogP contribution in [0.4, 0.5) is 0 Å². The highest BCUT2D eigenvalue weighted by Gasteiger charge is 2.23. The fraction of sp³-hybridized carbons (Fsp3) is 0.381. The molecule has 0 aromatic heterocycles. The van der Waals surface area contributed by atoms with Crippen molar-refractivity contribution in [1.82, 2.24) is 0 Å². The monoisotopic (exact) mass is 342 g/mol. The van der Waals surface area contributed by atoms with Gasteiger partial charge in [0.1, 0.15) is 11.5 Å². The quantitative estimate of drug-likeness (QED) is 0.592. The summed E-state index contributed by atoms with van der Waals surface area (Å²) in [5, 5.41) is 9.04. The highest BCUT2D eigenvalue weighted by atomic mass is 16.5. The summed E-state index contributed by atoms with van der Waals surface area (Å²) in [6.07, 6.45) is 8.90. The van der Waals surface area contributed by atoms with E-state index in [1.807, 2.05) is 37.3 Å². The van der Waals surface area contributed by atoms with Gasteiger partial charge in [-0.2, -0.15) is 0 Å². The molecule has 2 rings (SSSR count). The van der Waals surface area contributed by atoms with Gasteiger partial charge in [0.2, 0.25) is 0 Å². The molecule has 4 nitrogen and oxygen atoms in total. The van der Waals surface area contributed by atoms with Gasteiger partial charge in [-0.3, -0.25) is 0 Å². The number of ether oxygens (including phenoxy) is 2. The normalized spacial score (nSPS) is 16.6. The van der Waals surface area contributed by atoms with Crippen molar-refractivity contribution in [2.24, 2.45) is 5.41 Å². The maximum absolute atomic E-state index is 11.0. The Bertz CT molecular complexity index is 723. The lowest BCUT2D eigenvalue weighted by atomic mass is 9.90. The van der Waals surface area contributed by atoms with Crippen LogP contribution in [0.25, 0.3) is 5.57 Å². The Hall–Kier alpha value is -2.49.